The number of hydrogen-bond acceptors (Lipinski definition) is 12. The van der Waals surface area contributed by atoms with Crippen LogP contribution in [0.4, 0.5) is 4.79 Å². The van der Waals surface area contributed by atoms with Gasteiger partial charge in [-0.15, -0.1) is 0 Å². The first-order valence-corrected chi connectivity index (χ1v) is 24.8. The molecular formula is C50H74N10O10. The van der Waals surface area contributed by atoms with Gasteiger partial charge in [-0.2, -0.15) is 0 Å². The fourth-order valence-electron chi connectivity index (χ4n) is 9.49. The van der Waals surface area contributed by atoms with Gasteiger partial charge in [0.1, 0.15) is 29.4 Å². The topological polar surface area (TPSA) is 270 Å². The fourth-order valence-corrected chi connectivity index (χ4v) is 9.49. The van der Waals surface area contributed by atoms with E-state index in [0.29, 0.717) is 31.2 Å². The van der Waals surface area contributed by atoms with Gasteiger partial charge in [-0.3, -0.25) is 38.5 Å². The lowest BCUT2D eigenvalue weighted by molar-refractivity contribution is -0.136. The number of hydrogen-bond donors (Lipinski definition) is 7. The lowest BCUT2D eigenvalue weighted by Gasteiger charge is -2.33. The first kappa shape index (κ1) is 54.8. The lowest BCUT2D eigenvalue weighted by Crippen LogP contribution is -2.59. The van der Waals surface area contributed by atoms with Crippen LogP contribution >= 0.6 is 0 Å². The van der Waals surface area contributed by atoms with Gasteiger partial charge in [0, 0.05) is 39.6 Å². The maximum Gasteiger partial charge on any atom is 0.410 e. The van der Waals surface area contributed by atoms with E-state index in [1.165, 1.54) is 28.4 Å². The number of aliphatic hydroxyl groups excluding tert-OH is 1. The Morgan fingerprint density at radius 3 is 2.11 bits per heavy atom. The zero-order chi connectivity index (χ0) is 51.0. The SMILES string of the molecule is CCC[C@H](NC(=O)[C@@H]1CN(C(=O)OC(C)(C)C)C[C@@H]1NC(=O)[C@H](CC1CCCCC1)NC(=O)[C@@H](NC(=O)c1cnccn1)C1CCCCC1)C(O)C(=O)NCC(=O)N[C@H](C(=O)N(C)C)c1ccccc1. The Hall–Kier alpha value is -6.18. The van der Waals surface area contributed by atoms with Crippen LogP contribution < -0.4 is 31.9 Å². The highest BCUT2D eigenvalue weighted by Gasteiger charge is 2.44. The van der Waals surface area contributed by atoms with Gasteiger partial charge in [0.25, 0.3) is 11.8 Å². The molecule has 1 aromatic carbocycles. The van der Waals surface area contributed by atoms with Crippen LogP contribution in [0.1, 0.15) is 133 Å². The number of benzene rings is 1. The van der Waals surface area contributed by atoms with E-state index in [1.54, 1.807) is 72.1 Å². The number of carbonyl (C=O) groups excluding carboxylic acids is 8. The number of likely N-dealkylation sites (N-methyl/N-ethyl adjacent to an activating group) is 1. The standard InChI is InChI=1S/C50H74N10O10/c1-7-17-35(42(62)47(67)53-28-39(61)57-41(48(68)59(5)6)33-22-15-10-16-23-33)54-43(63)34-29-60(49(69)70-50(2,3)4)30-38(34)56-44(64)36(26-31-18-11-8-12-19-31)55-46(66)40(32-20-13-9-14-21-32)58-45(65)37-27-51-24-25-52-37/h10,15-16,22-25,27,31-32,34-36,38,40-42,62H,7-9,11-14,17-21,26,28-30H2,1-6H3,(H,53,67)(H,54,63)(H,55,66)(H,56,64)(H,57,61)(H,58,65)/t34-,35+,36+,38+,40+,41+,42?/m1/s1. The number of rotatable bonds is 20. The molecule has 5 rings (SSSR count). The zero-order valence-electron chi connectivity index (χ0n) is 41.5. The summed E-state index contributed by atoms with van der Waals surface area (Å²) in [6.45, 7) is 6.02. The van der Waals surface area contributed by atoms with E-state index >= 15 is 0 Å². The summed E-state index contributed by atoms with van der Waals surface area (Å²) in [5.41, 5.74) is -0.295. The van der Waals surface area contributed by atoms with Crippen molar-refractivity contribution in [2.75, 3.05) is 33.7 Å². The van der Waals surface area contributed by atoms with E-state index < -0.39 is 102 Å². The van der Waals surface area contributed by atoms with Gasteiger partial charge < -0.3 is 51.5 Å². The minimum absolute atomic E-state index is 0.0524. The van der Waals surface area contributed by atoms with E-state index in [2.05, 4.69) is 41.9 Å². The molecule has 2 aliphatic carbocycles. The molecule has 2 aromatic rings. The number of carbonyl (C=O) groups is 8. The molecule has 7 N–H and O–H groups in total. The number of nitrogens with zero attached hydrogens (tertiary/aromatic N) is 4. The van der Waals surface area contributed by atoms with E-state index in [9.17, 15) is 43.5 Å². The summed E-state index contributed by atoms with van der Waals surface area (Å²) in [5.74, 6) is -5.50. The molecule has 1 unspecified atom stereocenters. The van der Waals surface area contributed by atoms with Crippen LogP contribution in [-0.4, -0.2) is 142 Å². The van der Waals surface area contributed by atoms with Gasteiger partial charge in [-0.1, -0.05) is 95.0 Å². The van der Waals surface area contributed by atoms with E-state index in [1.807, 2.05) is 0 Å². The minimum atomic E-state index is -1.82. The molecule has 0 bridgehead atoms. The van der Waals surface area contributed by atoms with Crippen molar-refractivity contribution in [2.45, 2.75) is 153 Å². The van der Waals surface area contributed by atoms with E-state index in [4.69, 9.17) is 4.74 Å². The van der Waals surface area contributed by atoms with Crippen LogP contribution in [0.25, 0.3) is 0 Å². The smallest absolute Gasteiger partial charge is 0.410 e. The second-order valence-corrected chi connectivity index (χ2v) is 20.1. The van der Waals surface area contributed by atoms with Gasteiger partial charge >= 0.3 is 6.09 Å². The number of likely N-dealkylation sites (tertiary alicyclic amines) is 1. The summed E-state index contributed by atoms with van der Waals surface area (Å²) in [5, 5.41) is 28.0. The molecule has 1 aromatic heterocycles. The second kappa shape index (κ2) is 26.1. The van der Waals surface area contributed by atoms with Crippen LogP contribution in [-0.2, 0) is 33.5 Å². The fraction of sp³-hybridized carbons (Fsp3) is 0.640. The van der Waals surface area contributed by atoms with E-state index in [-0.39, 0.29) is 37.0 Å². The maximum absolute atomic E-state index is 14.6. The van der Waals surface area contributed by atoms with Crippen LogP contribution in [0.5, 0.6) is 0 Å². The van der Waals surface area contributed by atoms with Gasteiger partial charge in [0.05, 0.1) is 30.7 Å². The summed E-state index contributed by atoms with van der Waals surface area (Å²) in [4.78, 5) is 121. The minimum Gasteiger partial charge on any atom is -0.444 e. The molecule has 1 aliphatic heterocycles. The van der Waals surface area contributed by atoms with Gasteiger partial charge in [0.2, 0.25) is 29.5 Å². The predicted octanol–water partition coefficient (Wildman–Crippen LogP) is 2.67. The third-order valence-electron chi connectivity index (χ3n) is 13.2. The molecule has 70 heavy (non-hydrogen) atoms. The third kappa shape index (κ3) is 16.2. The predicted molar refractivity (Wildman–Crippen MR) is 258 cm³/mol. The molecule has 0 spiro atoms. The summed E-state index contributed by atoms with van der Waals surface area (Å²) in [7, 11) is 3.11. The van der Waals surface area contributed by atoms with Crippen LogP contribution in [0, 0.1) is 17.8 Å². The Labute approximate surface area is 411 Å². The maximum atomic E-state index is 14.6. The molecule has 3 fully saturated rings. The van der Waals surface area contributed by atoms with Crippen molar-refractivity contribution in [3.63, 3.8) is 0 Å². The number of amides is 8. The average Bonchev–Trinajstić information content (AvgIpc) is 3.77. The monoisotopic (exact) mass is 975 g/mol. The molecule has 2 saturated carbocycles. The summed E-state index contributed by atoms with van der Waals surface area (Å²) in [6.07, 6.45) is 11.4. The molecule has 1 saturated heterocycles. The first-order valence-electron chi connectivity index (χ1n) is 24.8. The van der Waals surface area contributed by atoms with Crippen molar-refractivity contribution in [3.8, 4) is 0 Å². The van der Waals surface area contributed by atoms with Crippen molar-refractivity contribution in [2.24, 2.45) is 17.8 Å². The molecule has 20 heteroatoms. The molecule has 3 aliphatic rings. The highest BCUT2D eigenvalue weighted by Crippen LogP contribution is 2.30. The van der Waals surface area contributed by atoms with Crippen LogP contribution in [0.2, 0.25) is 0 Å². The summed E-state index contributed by atoms with van der Waals surface area (Å²) < 4.78 is 5.66. The van der Waals surface area contributed by atoms with Crippen molar-refractivity contribution in [1.29, 1.82) is 0 Å². The molecule has 384 valence electrons. The zero-order valence-corrected chi connectivity index (χ0v) is 41.5. The number of aliphatic hydroxyl groups is 1. The molecule has 20 nitrogen and oxygen atoms in total. The molecule has 0 radical (unpaired) electrons. The van der Waals surface area contributed by atoms with Crippen molar-refractivity contribution >= 4 is 47.4 Å². The highest BCUT2D eigenvalue weighted by atomic mass is 16.6. The molecular weight excluding hydrogens is 901 g/mol. The summed E-state index contributed by atoms with van der Waals surface area (Å²) in [6, 6.07) is 3.41. The van der Waals surface area contributed by atoms with Gasteiger partial charge in [-0.25, -0.2) is 9.78 Å². The lowest BCUT2D eigenvalue weighted by atomic mass is 9.82. The van der Waals surface area contributed by atoms with Crippen molar-refractivity contribution < 1.29 is 48.2 Å². The number of nitrogens with one attached hydrogen (secondary N) is 6. The Kier molecular flexibility index (Phi) is 20.5. The van der Waals surface area contributed by atoms with Crippen LogP contribution in [0.3, 0.4) is 0 Å². The number of aromatic nitrogens is 2. The normalized spacial score (nSPS) is 19.8. The molecule has 8 amide bonds. The molecule has 2 heterocycles. The second-order valence-electron chi connectivity index (χ2n) is 20.1. The molecule has 7 atom stereocenters. The Bertz CT molecular complexity index is 2090. The van der Waals surface area contributed by atoms with Crippen molar-refractivity contribution in [3.05, 3.63) is 60.2 Å². The van der Waals surface area contributed by atoms with Gasteiger partial charge in [-0.05, 0) is 63.9 Å². The number of ether oxygens (including phenoxy) is 1. The highest BCUT2D eigenvalue weighted by molar-refractivity contribution is 5.97. The third-order valence-corrected chi connectivity index (χ3v) is 13.2. The largest absolute Gasteiger partial charge is 0.444 e. The first-order chi connectivity index (χ1) is 33.3. The van der Waals surface area contributed by atoms with E-state index in [0.717, 1.165) is 51.4 Å². The summed E-state index contributed by atoms with van der Waals surface area (Å²) >= 11 is 0. The average molecular weight is 975 g/mol. The Morgan fingerprint density at radius 1 is 0.829 bits per heavy atom. The Morgan fingerprint density at radius 2 is 1.50 bits per heavy atom. The van der Waals surface area contributed by atoms with Crippen molar-refractivity contribution in [1.82, 2.24) is 51.7 Å². The van der Waals surface area contributed by atoms with Crippen LogP contribution in [0.15, 0.2) is 48.9 Å². The Balaban J connectivity index is 1.32. The quantitative estimate of drug-likeness (QED) is 0.101. The van der Waals surface area contributed by atoms with Gasteiger partial charge in [0.15, 0.2) is 6.10 Å².